The van der Waals surface area contributed by atoms with Crippen LogP contribution in [0.25, 0.3) is 0 Å². The van der Waals surface area contributed by atoms with Gasteiger partial charge in [-0.25, -0.2) is 0 Å². The largest absolute Gasteiger partial charge is 0.407 e. The first-order valence-electron chi connectivity index (χ1n) is 6.40. The molecule has 0 radical (unpaired) electrons. The van der Waals surface area contributed by atoms with Crippen LogP contribution in [0.5, 0.6) is 0 Å². The maximum atomic E-state index is 6.22. The number of nitrogens with zero attached hydrogens (tertiary/aromatic N) is 4. The average Bonchev–Trinajstić information content (AvgIpc) is 2.97. The van der Waals surface area contributed by atoms with Gasteiger partial charge in [-0.15, -0.1) is 16.7 Å². The summed E-state index contributed by atoms with van der Waals surface area (Å²) in [6, 6.07) is 8.43. The quantitative estimate of drug-likeness (QED) is 0.815. The van der Waals surface area contributed by atoms with E-state index < -0.39 is 0 Å². The van der Waals surface area contributed by atoms with E-state index in [0.717, 1.165) is 36.9 Å². The molecular weight excluding hydrogens is 299 g/mol. The Morgan fingerprint density at radius 2 is 1.75 bits per heavy atom. The number of piperazine rings is 1. The molecule has 0 spiro atoms. The topological polar surface area (TPSA) is 45.4 Å². The van der Waals surface area contributed by atoms with Gasteiger partial charge in [0.2, 0.25) is 5.89 Å². The number of rotatable bonds is 3. The number of halogens is 2. The van der Waals surface area contributed by atoms with Gasteiger partial charge in [0, 0.05) is 26.2 Å². The molecule has 1 aliphatic heterocycles. The number of hydrogen-bond donors (Lipinski definition) is 0. The molecule has 0 bridgehead atoms. The van der Waals surface area contributed by atoms with Crippen molar-refractivity contribution in [3.05, 3.63) is 35.2 Å². The molecule has 0 amide bonds. The van der Waals surface area contributed by atoms with Crippen molar-refractivity contribution in [2.45, 2.75) is 5.88 Å². The Bertz CT molecular complexity index is 581. The molecule has 1 fully saturated rings. The predicted molar refractivity (Wildman–Crippen MR) is 79.7 cm³/mol. The molecule has 0 saturated carbocycles. The second-order valence-corrected chi connectivity index (χ2v) is 5.21. The molecule has 2 aromatic rings. The Balaban J connectivity index is 1.66. The van der Waals surface area contributed by atoms with Gasteiger partial charge >= 0.3 is 6.01 Å². The van der Waals surface area contributed by atoms with Crippen LogP contribution in [0.3, 0.4) is 0 Å². The highest BCUT2D eigenvalue weighted by Gasteiger charge is 2.22. The van der Waals surface area contributed by atoms with Crippen LogP contribution in [0.2, 0.25) is 5.02 Å². The van der Waals surface area contributed by atoms with Crippen LogP contribution in [0.1, 0.15) is 5.89 Å². The monoisotopic (exact) mass is 312 g/mol. The SMILES string of the molecule is ClCc1nnc(N2CCN(c3ccccc3Cl)CC2)o1. The number of hydrogen-bond acceptors (Lipinski definition) is 5. The third-order valence-electron chi connectivity index (χ3n) is 3.31. The van der Waals surface area contributed by atoms with E-state index in [1.807, 2.05) is 24.3 Å². The Morgan fingerprint density at radius 1 is 1.05 bits per heavy atom. The zero-order valence-corrected chi connectivity index (χ0v) is 12.3. The smallest absolute Gasteiger partial charge is 0.318 e. The van der Waals surface area contributed by atoms with Crippen molar-refractivity contribution in [2.75, 3.05) is 36.0 Å². The van der Waals surface area contributed by atoms with Gasteiger partial charge in [0.25, 0.3) is 0 Å². The van der Waals surface area contributed by atoms with Crippen molar-refractivity contribution in [1.29, 1.82) is 0 Å². The van der Waals surface area contributed by atoms with Gasteiger partial charge in [0.05, 0.1) is 10.7 Å². The van der Waals surface area contributed by atoms with Gasteiger partial charge in [-0.1, -0.05) is 28.8 Å². The fraction of sp³-hybridized carbons (Fsp3) is 0.385. The van der Waals surface area contributed by atoms with E-state index in [0.29, 0.717) is 11.9 Å². The van der Waals surface area contributed by atoms with E-state index in [1.54, 1.807) is 0 Å². The number of anilines is 2. The van der Waals surface area contributed by atoms with E-state index >= 15 is 0 Å². The summed E-state index contributed by atoms with van der Waals surface area (Å²) < 4.78 is 5.46. The van der Waals surface area contributed by atoms with Crippen LogP contribution >= 0.6 is 23.2 Å². The summed E-state index contributed by atoms with van der Waals surface area (Å²) in [6.07, 6.45) is 0. The van der Waals surface area contributed by atoms with E-state index in [1.165, 1.54) is 0 Å². The molecule has 1 aromatic carbocycles. The predicted octanol–water partition coefficient (Wildman–Crippen LogP) is 2.79. The lowest BCUT2D eigenvalue weighted by Gasteiger charge is -2.35. The molecule has 20 heavy (non-hydrogen) atoms. The fourth-order valence-corrected chi connectivity index (χ4v) is 2.64. The molecule has 7 heteroatoms. The average molecular weight is 313 g/mol. The van der Waals surface area contributed by atoms with Crippen molar-refractivity contribution < 1.29 is 4.42 Å². The standard InChI is InChI=1S/C13H14Cl2N4O/c14-9-12-16-17-13(20-12)19-7-5-18(6-8-19)11-4-2-1-3-10(11)15/h1-4H,5-9H2. The lowest BCUT2D eigenvalue weighted by Crippen LogP contribution is -2.46. The molecule has 0 N–H and O–H groups in total. The fourth-order valence-electron chi connectivity index (χ4n) is 2.27. The molecule has 0 aliphatic carbocycles. The summed E-state index contributed by atoms with van der Waals surface area (Å²) in [5.41, 5.74) is 1.07. The van der Waals surface area contributed by atoms with Crippen LogP contribution < -0.4 is 9.80 Å². The first-order valence-corrected chi connectivity index (χ1v) is 7.32. The molecule has 1 aromatic heterocycles. The van der Waals surface area contributed by atoms with E-state index in [9.17, 15) is 0 Å². The summed E-state index contributed by atoms with van der Waals surface area (Å²) >= 11 is 11.9. The summed E-state index contributed by atoms with van der Waals surface area (Å²) in [5.74, 6) is 0.697. The molecule has 2 heterocycles. The Kier molecular flexibility index (Phi) is 3.98. The molecule has 3 rings (SSSR count). The highest BCUT2D eigenvalue weighted by atomic mass is 35.5. The molecule has 1 aliphatic rings. The van der Waals surface area contributed by atoms with Gasteiger partial charge in [-0.05, 0) is 12.1 Å². The van der Waals surface area contributed by atoms with Crippen molar-refractivity contribution in [1.82, 2.24) is 10.2 Å². The maximum absolute atomic E-state index is 6.22. The van der Waals surface area contributed by atoms with Gasteiger partial charge in [-0.3, -0.25) is 0 Å². The lowest BCUT2D eigenvalue weighted by atomic mass is 10.2. The molecule has 0 unspecified atom stereocenters. The number of para-hydroxylation sites is 1. The van der Waals surface area contributed by atoms with Crippen molar-refractivity contribution >= 4 is 34.9 Å². The number of alkyl halides is 1. The first kappa shape index (κ1) is 13.5. The zero-order valence-electron chi connectivity index (χ0n) is 10.8. The van der Waals surface area contributed by atoms with E-state index in [-0.39, 0.29) is 5.88 Å². The normalized spacial score (nSPS) is 15.7. The summed E-state index contributed by atoms with van der Waals surface area (Å²) in [7, 11) is 0. The highest BCUT2D eigenvalue weighted by Crippen LogP contribution is 2.26. The van der Waals surface area contributed by atoms with Crippen LogP contribution in [0.4, 0.5) is 11.7 Å². The van der Waals surface area contributed by atoms with E-state index in [4.69, 9.17) is 27.6 Å². The number of aromatic nitrogens is 2. The molecule has 1 saturated heterocycles. The summed E-state index contributed by atoms with van der Waals surface area (Å²) in [6.45, 7) is 3.36. The minimum atomic E-state index is 0.243. The lowest BCUT2D eigenvalue weighted by molar-refractivity contribution is 0.488. The maximum Gasteiger partial charge on any atom is 0.318 e. The molecule has 0 atom stereocenters. The Labute approximate surface area is 127 Å². The van der Waals surface area contributed by atoms with Crippen LogP contribution in [0.15, 0.2) is 28.7 Å². The van der Waals surface area contributed by atoms with Gasteiger partial charge in [0.1, 0.15) is 5.88 Å². The van der Waals surface area contributed by atoms with Crippen LogP contribution in [-0.2, 0) is 5.88 Å². The van der Waals surface area contributed by atoms with Crippen LogP contribution in [0, 0.1) is 0 Å². The zero-order chi connectivity index (χ0) is 13.9. The summed E-state index contributed by atoms with van der Waals surface area (Å²) in [5, 5.41) is 8.66. The number of benzene rings is 1. The second kappa shape index (κ2) is 5.89. The first-order chi connectivity index (χ1) is 9.78. The van der Waals surface area contributed by atoms with Gasteiger partial charge < -0.3 is 14.2 Å². The third kappa shape index (κ3) is 2.69. The van der Waals surface area contributed by atoms with Crippen LogP contribution in [-0.4, -0.2) is 36.4 Å². The minimum Gasteiger partial charge on any atom is -0.407 e. The van der Waals surface area contributed by atoms with Gasteiger partial charge in [-0.2, -0.15) is 0 Å². The van der Waals surface area contributed by atoms with Crippen molar-refractivity contribution in [3.63, 3.8) is 0 Å². The van der Waals surface area contributed by atoms with E-state index in [2.05, 4.69) is 20.0 Å². The van der Waals surface area contributed by atoms with Crippen molar-refractivity contribution in [2.24, 2.45) is 0 Å². The minimum absolute atomic E-state index is 0.243. The Morgan fingerprint density at radius 3 is 2.40 bits per heavy atom. The molecule has 5 nitrogen and oxygen atoms in total. The third-order valence-corrected chi connectivity index (χ3v) is 3.86. The van der Waals surface area contributed by atoms with Gasteiger partial charge in [0.15, 0.2) is 0 Å². The molecular formula is C13H14Cl2N4O. The highest BCUT2D eigenvalue weighted by molar-refractivity contribution is 6.33. The summed E-state index contributed by atoms with van der Waals surface area (Å²) in [4.78, 5) is 4.33. The van der Waals surface area contributed by atoms with Crippen molar-refractivity contribution in [3.8, 4) is 0 Å². The Hall–Kier alpha value is -1.46. The second-order valence-electron chi connectivity index (χ2n) is 4.54. The molecule has 106 valence electrons.